The lowest BCUT2D eigenvalue weighted by Gasteiger charge is -2.08. The van der Waals surface area contributed by atoms with Crippen molar-refractivity contribution in [3.8, 4) is 0 Å². The third-order valence-corrected chi connectivity index (χ3v) is 4.84. The smallest absolute Gasteiger partial charge is 0.306 e. The predicted molar refractivity (Wildman–Crippen MR) is 90.7 cm³/mol. The molecule has 0 unspecified atom stereocenters. The fraction of sp³-hybridized carbons (Fsp3) is 0.333. The predicted octanol–water partition coefficient (Wildman–Crippen LogP) is 3.35. The SMILES string of the molecule is O=C(COC(=O)CCc1cccs1)Nc1ccc2c(c1)CCC2. The number of anilines is 1. The number of carbonyl (C=O) groups excluding carboxylic acids is 2. The Labute approximate surface area is 139 Å². The van der Waals surface area contributed by atoms with Gasteiger partial charge in [-0.1, -0.05) is 12.1 Å². The summed E-state index contributed by atoms with van der Waals surface area (Å²) in [5.41, 5.74) is 3.43. The van der Waals surface area contributed by atoms with Crippen LogP contribution >= 0.6 is 11.3 Å². The molecule has 23 heavy (non-hydrogen) atoms. The molecule has 1 aromatic heterocycles. The Morgan fingerprint density at radius 2 is 2.04 bits per heavy atom. The number of benzene rings is 1. The van der Waals surface area contributed by atoms with Crippen molar-refractivity contribution >= 4 is 28.9 Å². The van der Waals surface area contributed by atoms with E-state index >= 15 is 0 Å². The Kier molecular flexibility index (Phi) is 5.08. The summed E-state index contributed by atoms with van der Waals surface area (Å²) in [6.45, 7) is -0.236. The first-order chi connectivity index (χ1) is 11.2. The molecule has 1 aliphatic carbocycles. The molecule has 1 aliphatic rings. The van der Waals surface area contributed by atoms with Crippen molar-refractivity contribution in [2.75, 3.05) is 11.9 Å². The summed E-state index contributed by atoms with van der Waals surface area (Å²) < 4.78 is 5.02. The maximum Gasteiger partial charge on any atom is 0.306 e. The van der Waals surface area contributed by atoms with Gasteiger partial charge in [-0.05, 0) is 60.4 Å². The lowest BCUT2D eigenvalue weighted by molar-refractivity contribution is -0.147. The molecule has 0 saturated heterocycles. The van der Waals surface area contributed by atoms with Crippen molar-refractivity contribution < 1.29 is 14.3 Å². The molecule has 2 aromatic rings. The van der Waals surface area contributed by atoms with Crippen LogP contribution in [-0.4, -0.2) is 18.5 Å². The molecule has 5 heteroatoms. The second kappa shape index (κ2) is 7.42. The van der Waals surface area contributed by atoms with Gasteiger partial charge in [0, 0.05) is 10.6 Å². The molecule has 0 fully saturated rings. The highest BCUT2D eigenvalue weighted by atomic mass is 32.1. The third kappa shape index (κ3) is 4.42. The number of nitrogens with one attached hydrogen (secondary N) is 1. The number of fused-ring (bicyclic) bond motifs is 1. The van der Waals surface area contributed by atoms with Crippen LogP contribution in [0.3, 0.4) is 0 Å². The van der Waals surface area contributed by atoms with Gasteiger partial charge in [0.1, 0.15) is 0 Å². The molecule has 0 saturated carbocycles. The maximum atomic E-state index is 11.9. The minimum atomic E-state index is -0.345. The van der Waals surface area contributed by atoms with Crippen LogP contribution in [0.1, 0.15) is 28.8 Å². The first-order valence-corrected chi connectivity index (χ1v) is 8.68. The molecule has 0 spiro atoms. The van der Waals surface area contributed by atoms with E-state index in [0.29, 0.717) is 12.8 Å². The Morgan fingerprint density at radius 1 is 1.17 bits per heavy atom. The molecular weight excluding hydrogens is 310 g/mol. The molecule has 120 valence electrons. The number of ether oxygens (including phenoxy) is 1. The largest absolute Gasteiger partial charge is 0.456 e. The molecular formula is C18H19NO3S. The van der Waals surface area contributed by atoms with Crippen LogP contribution in [-0.2, 0) is 33.6 Å². The fourth-order valence-corrected chi connectivity index (χ4v) is 3.45. The van der Waals surface area contributed by atoms with Gasteiger partial charge < -0.3 is 10.1 Å². The van der Waals surface area contributed by atoms with E-state index in [4.69, 9.17) is 4.74 Å². The molecule has 1 amide bonds. The molecule has 0 bridgehead atoms. The molecule has 1 N–H and O–H groups in total. The zero-order valence-corrected chi connectivity index (χ0v) is 13.7. The number of amides is 1. The minimum Gasteiger partial charge on any atom is -0.456 e. The number of hydrogen-bond donors (Lipinski definition) is 1. The van der Waals surface area contributed by atoms with Crippen LogP contribution in [0.2, 0.25) is 0 Å². The summed E-state index contributed by atoms with van der Waals surface area (Å²) in [5, 5.41) is 4.76. The van der Waals surface area contributed by atoms with E-state index in [0.717, 1.165) is 23.4 Å². The number of carbonyl (C=O) groups is 2. The zero-order chi connectivity index (χ0) is 16.1. The van der Waals surface area contributed by atoms with Gasteiger partial charge in [-0.25, -0.2) is 0 Å². The van der Waals surface area contributed by atoms with E-state index < -0.39 is 0 Å². The average molecular weight is 329 g/mol. The molecule has 0 radical (unpaired) electrons. The van der Waals surface area contributed by atoms with E-state index in [1.807, 2.05) is 29.6 Å². The third-order valence-electron chi connectivity index (χ3n) is 3.90. The molecule has 3 rings (SSSR count). The highest BCUT2D eigenvalue weighted by molar-refractivity contribution is 7.09. The Morgan fingerprint density at radius 3 is 2.87 bits per heavy atom. The van der Waals surface area contributed by atoms with Crippen molar-refractivity contribution in [1.82, 2.24) is 0 Å². The number of thiophene rings is 1. The first kappa shape index (κ1) is 15.7. The zero-order valence-electron chi connectivity index (χ0n) is 12.8. The lowest BCUT2D eigenvalue weighted by Crippen LogP contribution is -2.21. The van der Waals surface area contributed by atoms with Crippen molar-refractivity contribution in [3.63, 3.8) is 0 Å². The molecule has 0 atom stereocenters. The number of aryl methyl sites for hydroxylation is 3. The van der Waals surface area contributed by atoms with Gasteiger partial charge in [0.05, 0.1) is 6.42 Å². The van der Waals surface area contributed by atoms with E-state index in [9.17, 15) is 9.59 Å². The highest BCUT2D eigenvalue weighted by Crippen LogP contribution is 2.24. The van der Waals surface area contributed by atoms with Crippen LogP contribution in [0, 0.1) is 0 Å². The van der Waals surface area contributed by atoms with E-state index in [1.165, 1.54) is 17.5 Å². The van der Waals surface area contributed by atoms with Crippen molar-refractivity contribution in [3.05, 3.63) is 51.7 Å². The summed E-state index contributed by atoms with van der Waals surface area (Å²) in [6, 6.07) is 9.92. The van der Waals surface area contributed by atoms with E-state index in [1.54, 1.807) is 11.3 Å². The van der Waals surface area contributed by atoms with Crippen LogP contribution in [0.25, 0.3) is 0 Å². The highest BCUT2D eigenvalue weighted by Gasteiger charge is 2.13. The van der Waals surface area contributed by atoms with Gasteiger partial charge in [0.25, 0.3) is 5.91 Å². The minimum absolute atomic E-state index is 0.236. The van der Waals surface area contributed by atoms with Gasteiger partial charge in [0.2, 0.25) is 0 Å². The summed E-state index contributed by atoms with van der Waals surface area (Å²) in [7, 11) is 0. The van der Waals surface area contributed by atoms with Gasteiger partial charge in [-0.2, -0.15) is 0 Å². The molecule has 1 aromatic carbocycles. The summed E-state index contributed by atoms with van der Waals surface area (Å²) >= 11 is 1.61. The van der Waals surface area contributed by atoms with Gasteiger partial charge in [-0.15, -0.1) is 11.3 Å². The number of hydrogen-bond acceptors (Lipinski definition) is 4. The van der Waals surface area contributed by atoms with Gasteiger partial charge >= 0.3 is 5.97 Å². The first-order valence-electron chi connectivity index (χ1n) is 7.80. The van der Waals surface area contributed by atoms with E-state index in [2.05, 4.69) is 11.4 Å². The molecule has 4 nitrogen and oxygen atoms in total. The number of rotatable bonds is 6. The van der Waals surface area contributed by atoms with Crippen molar-refractivity contribution in [2.24, 2.45) is 0 Å². The standard InChI is InChI=1S/C18H19NO3S/c20-17(12-22-18(21)9-8-16-5-2-10-23-16)19-15-7-6-13-3-1-4-14(13)11-15/h2,5-7,10-11H,1,3-4,8-9,12H2,(H,19,20). The van der Waals surface area contributed by atoms with Gasteiger partial charge in [0.15, 0.2) is 6.61 Å². The van der Waals surface area contributed by atoms with Crippen molar-refractivity contribution in [1.29, 1.82) is 0 Å². The molecule has 1 heterocycles. The normalized spacial score (nSPS) is 12.7. The van der Waals surface area contributed by atoms with E-state index in [-0.39, 0.29) is 18.5 Å². The van der Waals surface area contributed by atoms with Crippen LogP contribution in [0.5, 0.6) is 0 Å². The summed E-state index contributed by atoms with van der Waals surface area (Å²) in [4.78, 5) is 24.7. The van der Waals surface area contributed by atoms with Crippen LogP contribution < -0.4 is 5.32 Å². The monoisotopic (exact) mass is 329 g/mol. The Balaban J connectivity index is 1.41. The van der Waals surface area contributed by atoms with Crippen LogP contribution in [0.4, 0.5) is 5.69 Å². The topological polar surface area (TPSA) is 55.4 Å². The lowest BCUT2D eigenvalue weighted by atomic mass is 10.1. The average Bonchev–Trinajstić information content (AvgIpc) is 3.21. The number of esters is 1. The second-order valence-corrected chi connectivity index (χ2v) is 6.66. The van der Waals surface area contributed by atoms with Crippen molar-refractivity contribution in [2.45, 2.75) is 32.1 Å². The van der Waals surface area contributed by atoms with Gasteiger partial charge in [-0.3, -0.25) is 9.59 Å². The maximum absolute atomic E-state index is 11.9. The Hall–Kier alpha value is -2.14. The second-order valence-electron chi connectivity index (χ2n) is 5.63. The van der Waals surface area contributed by atoms with Crippen LogP contribution in [0.15, 0.2) is 35.7 Å². The quantitative estimate of drug-likeness (QED) is 0.827. The molecule has 0 aliphatic heterocycles. The summed E-state index contributed by atoms with van der Waals surface area (Å²) in [5.74, 6) is -0.644. The fourth-order valence-electron chi connectivity index (χ4n) is 2.74. The Bertz CT molecular complexity index is 694. The summed E-state index contributed by atoms with van der Waals surface area (Å²) in [6.07, 6.45) is 4.31.